The molecule has 3 nitrogen and oxygen atoms in total. The van der Waals surface area contributed by atoms with Gasteiger partial charge < -0.3 is 4.57 Å². The van der Waals surface area contributed by atoms with E-state index in [0.29, 0.717) is 5.69 Å². The summed E-state index contributed by atoms with van der Waals surface area (Å²) in [5, 5.41) is 0.943. The van der Waals surface area contributed by atoms with E-state index in [4.69, 9.17) is 0 Å². The lowest BCUT2D eigenvalue weighted by Crippen LogP contribution is -1.82. The van der Waals surface area contributed by atoms with Crippen molar-refractivity contribution in [1.82, 2.24) is 4.57 Å². The number of aromatic nitrogens is 1. The number of rotatable bonds is 1. The standard InChI is InChI=1S/C10H7BrN2O/c1-13-5-8(12-6-14)10-7(11)3-2-4-9(10)13/h2-5H,1H3. The van der Waals surface area contributed by atoms with Crippen LogP contribution in [0.15, 0.2) is 33.9 Å². The van der Waals surface area contributed by atoms with Crippen molar-refractivity contribution in [3.8, 4) is 0 Å². The summed E-state index contributed by atoms with van der Waals surface area (Å²) in [5.41, 5.74) is 1.68. The van der Waals surface area contributed by atoms with Gasteiger partial charge in [0.2, 0.25) is 6.08 Å². The predicted molar refractivity (Wildman–Crippen MR) is 58.4 cm³/mol. The molecule has 0 radical (unpaired) electrons. The second-order valence-electron chi connectivity index (χ2n) is 2.96. The lowest BCUT2D eigenvalue weighted by Gasteiger charge is -1.96. The highest BCUT2D eigenvalue weighted by molar-refractivity contribution is 9.10. The molecule has 0 bridgehead atoms. The number of benzene rings is 1. The number of aryl methyl sites for hydroxylation is 1. The highest BCUT2D eigenvalue weighted by atomic mass is 79.9. The quantitative estimate of drug-likeness (QED) is 0.566. The molecule has 0 atom stereocenters. The Morgan fingerprint density at radius 2 is 2.29 bits per heavy atom. The van der Waals surface area contributed by atoms with Crippen LogP contribution in [0.4, 0.5) is 5.69 Å². The summed E-state index contributed by atoms with van der Waals surface area (Å²) in [6.07, 6.45) is 3.36. The molecule has 1 aromatic carbocycles. The molecule has 0 saturated heterocycles. The van der Waals surface area contributed by atoms with Crippen molar-refractivity contribution in [2.24, 2.45) is 12.0 Å². The van der Waals surface area contributed by atoms with Crippen LogP contribution in [0.2, 0.25) is 0 Å². The fourth-order valence-electron chi connectivity index (χ4n) is 1.51. The zero-order valence-corrected chi connectivity index (χ0v) is 9.08. The summed E-state index contributed by atoms with van der Waals surface area (Å²) < 4.78 is 2.86. The van der Waals surface area contributed by atoms with E-state index in [-0.39, 0.29) is 0 Å². The predicted octanol–water partition coefficient (Wildman–Crippen LogP) is 2.91. The molecule has 4 heteroatoms. The van der Waals surface area contributed by atoms with Gasteiger partial charge in [-0.15, -0.1) is 0 Å². The Bertz CT molecular complexity index is 538. The SMILES string of the molecule is Cn1cc(N=C=O)c2c(Br)cccc21. The molecule has 0 unspecified atom stereocenters. The van der Waals surface area contributed by atoms with Crippen molar-refractivity contribution >= 4 is 38.6 Å². The lowest BCUT2D eigenvalue weighted by atomic mass is 10.2. The first kappa shape index (κ1) is 9.19. The number of isocyanates is 1. The van der Waals surface area contributed by atoms with Crippen LogP contribution in [-0.2, 0) is 11.8 Å². The first-order chi connectivity index (χ1) is 6.74. The summed E-state index contributed by atoms with van der Waals surface area (Å²) in [4.78, 5) is 13.9. The normalized spacial score (nSPS) is 10.1. The number of hydrogen-bond acceptors (Lipinski definition) is 2. The molecular formula is C10H7BrN2O. The largest absolute Gasteiger partial charge is 0.348 e. The Hall–Kier alpha value is -1.38. The number of fused-ring (bicyclic) bond motifs is 1. The zero-order chi connectivity index (χ0) is 10.1. The maximum absolute atomic E-state index is 10.2. The van der Waals surface area contributed by atoms with Crippen LogP contribution < -0.4 is 0 Å². The minimum Gasteiger partial charge on any atom is -0.348 e. The third kappa shape index (κ3) is 1.29. The molecule has 0 aliphatic rings. The van der Waals surface area contributed by atoms with Gasteiger partial charge in [0.25, 0.3) is 0 Å². The summed E-state index contributed by atoms with van der Waals surface area (Å²) >= 11 is 3.43. The molecule has 14 heavy (non-hydrogen) atoms. The molecule has 0 fully saturated rings. The number of hydrogen-bond donors (Lipinski definition) is 0. The summed E-state index contributed by atoms with van der Waals surface area (Å²) in [6.45, 7) is 0. The highest BCUT2D eigenvalue weighted by Crippen LogP contribution is 2.33. The van der Waals surface area contributed by atoms with Gasteiger partial charge in [0.1, 0.15) is 5.69 Å². The summed E-state index contributed by atoms with van der Waals surface area (Å²) in [7, 11) is 1.92. The van der Waals surface area contributed by atoms with Crippen LogP contribution in [0.3, 0.4) is 0 Å². The molecule has 0 N–H and O–H groups in total. The van der Waals surface area contributed by atoms with Crippen molar-refractivity contribution in [3.05, 3.63) is 28.9 Å². The van der Waals surface area contributed by atoms with E-state index in [2.05, 4.69) is 20.9 Å². The number of aliphatic imine (C=N–C) groups is 1. The second-order valence-corrected chi connectivity index (χ2v) is 3.82. The van der Waals surface area contributed by atoms with Crippen molar-refractivity contribution in [2.75, 3.05) is 0 Å². The maximum atomic E-state index is 10.2. The Balaban J connectivity index is 2.92. The van der Waals surface area contributed by atoms with Crippen LogP contribution >= 0.6 is 15.9 Å². The Morgan fingerprint density at radius 1 is 1.50 bits per heavy atom. The van der Waals surface area contributed by atoms with Crippen LogP contribution in [0.25, 0.3) is 10.9 Å². The maximum Gasteiger partial charge on any atom is 0.240 e. The molecule has 0 saturated carbocycles. The smallest absolute Gasteiger partial charge is 0.240 e. The molecule has 0 aliphatic heterocycles. The molecule has 0 amide bonds. The van der Waals surface area contributed by atoms with Crippen molar-refractivity contribution < 1.29 is 4.79 Å². The number of nitrogens with zero attached hydrogens (tertiary/aromatic N) is 2. The third-order valence-corrected chi connectivity index (χ3v) is 2.77. The molecule has 70 valence electrons. The van der Waals surface area contributed by atoms with Crippen molar-refractivity contribution in [2.45, 2.75) is 0 Å². The van der Waals surface area contributed by atoms with Crippen LogP contribution in [-0.4, -0.2) is 10.6 Å². The van der Waals surface area contributed by atoms with Crippen molar-refractivity contribution in [1.29, 1.82) is 0 Å². The van der Waals surface area contributed by atoms with E-state index >= 15 is 0 Å². The van der Waals surface area contributed by atoms with E-state index < -0.39 is 0 Å². The highest BCUT2D eigenvalue weighted by Gasteiger charge is 2.08. The van der Waals surface area contributed by atoms with Gasteiger partial charge in [-0.25, -0.2) is 4.79 Å². The minimum absolute atomic E-state index is 0.643. The zero-order valence-electron chi connectivity index (χ0n) is 7.49. The van der Waals surface area contributed by atoms with Gasteiger partial charge in [-0.05, 0) is 12.1 Å². The van der Waals surface area contributed by atoms with Crippen LogP contribution in [0.1, 0.15) is 0 Å². The summed E-state index contributed by atoms with van der Waals surface area (Å²) in [5.74, 6) is 0. The van der Waals surface area contributed by atoms with Gasteiger partial charge in [0.15, 0.2) is 0 Å². The van der Waals surface area contributed by atoms with Gasteiger partial charge in [-0.1, -0.05) is 22.0 Å². The second kappa shape index (κ2) is 3.40. The average molecular weight is 251 g/mol. The first-order valence-corrected chi connectivity index (χ1v) is 4.85. The molecule has 1 heterocycles. The fourth-order valence-corrected chi connectivity index (χ4v) is 2.07. The van der Waals surface area contributed by atoms with Gasteiger partial charge in [0.05, 0.1) is 5.52 Å². The molecule has 2 rings (SSSR count). The van der Waals surface area contributed by atoms with E-state index in [1.165, 1.54) is 0 Å². The molecule has 1 aromatic heterocycles. The average Bonchev–Trinajstić information content (AvgIpc) is 2.46. The molecular weight excluding hydrogens is 244 g/mol. The van der Waals surface area contributed by atoms with Gasteiger partial charge >= 0.3 is 0 Å². The third-order valence-electron chi connectivity index (χ3n) is 2.11. The Morgan fingerprint density at radius 3 is 3.00 bits per heavy atom. The Labute approximate surface area is 89.2 Å². The van der Waals surface area contributed by atoms with E-state index in [1.54, 1.807) is 12.3 Å². The Kier molecular flexibility index (Phi) is 2.23. The molecule has 0 aliphatic carbocycles. The lowest BCUT2D eigenvalue weighted by molar-refractivity contribution is 0.565. The van der Waals surface area contributed by atoms with E-state index in [9.17, 15) is 4.79 Å². The number of halogens is 1. The number of carbonyl (C=O) groups excluding carboxylic acids is 1. The molecule has 0 spiro atoms. The van der Waals surface area contributed by atoms with Crippen molar-refractivity contribution in [3.63, 3.8) is 0 Å². The fraction of sp³-hybridized carbons (Fsp3) is 0.100. The van der Waals surface area contributed by atoms with E-state index in [0.717, 1.165) is 15.4 Å². The van der Waals surface area contributed by atoms with Crippen LogP contribution in [0, 0.1) is 0 Å². The first-order valence-electron chi connectivity index (χ1n) is 4.05. The summed E-state index contributed by atoms with van der Waals surface area (Å²) in [6, 6.07) is 5.84. The van der Waals surface area contributed by atoms with Crippen LogP contribution in [0.5, 0.6) is 0 Å². The molecule has 2 aromatic rings. The minimum atomic E-state index is 0.643. The van der Waals surface area contributed by atoms with Gasteiger partial charge in [-0.3, -0.25) is 0 Å². The monoisotopic (exact) mass is 250 g/mol. The van der Waals surface area contributed by atoms with Gasteiger partial charge in [0, 0.05) is 23.1 Å². The van der Waals surface area contributed by atoms with Gasteiger partial charge in [-0.2, -0.15) is 4.99 Å². The topological polar surface area (TPSA) is 34.4 Å². The van der Waals surface area contributed by atoms with E-state index in [1.807, 2.05) is 29.8 Å².